The normalized spacial score (nSPS) is 12.0. The molecule has 0 aliphatic heterocycles. The molecule has 15 heavy (non-hydrogen) atoms. The Bertz CT molecular complexity index is 335. The van der Waals surface area contributed by atoms with Gasteiger partial charge in [0.1, 0.15) is 7.11 Å². The number of thioether (sulfide) groups is 1. The maximum atomic E-state index is 5.81. The van der Waals surface area contributed by atoms with Crippen molar-refractivity contribution in [1.82, 2.24) is 0 Å². The van der Waals surface area contributed by atoms with Gasteiger partial charge in [-0.2, -0.15) is 0 Å². The van der Waals surface area contributed by atoms with E-state index in [9.17, 15) is 0 Å². The van der Waals surface area contributed by atoms with E-state index in [1.807, 2.05) is 24.3 Å². The summed E-state index contributed by atoms with van der Waals surface area (Å²) in [7, 11) is 1.54. The molecular weight excluding hydrogens is 230 g/mol. The molecule has 1 aromatic carbocycles. The van der Waals surface area contributed by atoms with E-state index < -0.39 is 0 Å². The van der Waals surface area contributed by atoms with Gasteiger partial charge in [-0.25, -0.2) is 0 Å². The van der Waals surface area contributed by atoms with E-state index in [1.165, 1.54) is 0 Å². The molecule has 4 heteroatoms. The largest absolute Gasteiger partial charge is 0.399 e. The summed E-state index contributed by atoms with van der Waals surface area (Å²) in [6.07, 6.45) is 1.78. The third-order valence-electron chi connectivity index (χ3n) is 1.66. The molecule has 0 N–H and O–H groups in total. The Morgan fingerprint density at radius 3 is 2.47 bits per heavy atom. The molecule has 0 radical (unpaired) electrons. The summed E-state index contributed by atoms with van der Waals surface area (Å²) in [6.45, 7) is 4.16. The van der Waals surface area contributed by atoms with Crippen molar-refractivity contribution in [3.05, 3.63) is 29.3 Å². The average molecular weight is 244 g/mol. The minimum Gasteiger partial charge on any atom is -0.399 e. The van der Waals surface area contributed by atoms with Gasteiger partial charge >= 0.3 is 0 Å². The molecule has 0 fully saturated rings. The van der Waals surface area contributed by atoms with Gasteiger partial charge < -0.3 is 4.84 Å². The Morgan fingerprint density at radius 1 is 1.33 bits per heavy atom. The lowest BCUT2D eigenvalue weighted by atomic mass is 10.2. The van der Waals surface area contributed by atoms with Crippen molar-refractivity contribution < 1.29 is 4.84 Å². The monoisotopic (exact) mass is 243 g/mol. The first-order chi connectivity index (χ1) is 7.03. The smallest absolute Gasteiger partial charge is 0.106 e. The summed E-state index contributed by atoms with van der Waals surface area (Å²) < 4.78 is -0.0934. The molecule has 0 heterocycles. The molecule has 0 spiro atoms. The number of oxime groups is 1. The second kappa shape index (κ2) is 5.42. The van der Waals surface area contributed by atoms with E-state index in [-0.39, 0.29) is 4.75 Å². The summed E-state index contributed by atoms with van der Waals surface area (Å²) in [5, 5.41) is 4.54. The zero-order valence-electron chi connectivity index (χ0n) is 9.03. The van der Waals surface area contributed by atoms with Crippen molar-refractivity contribution in [2.45, 2.75) is 23.5 Å². The highest BCUT2D eigenvalue weighted by atomic mass is 35.5. The Labute approximate surface area is 99.6 Å². The average Bonchev–Trinajstić information content (AvgIpc) is 2.18. The minimum absolute atomic E-state index is 0.0934. The van der Waals surface area contributed by atoms with Crippen molar-refractivity contribution in [3.63, 3.8) is 0 Å². The molecule has 0 atom stereocenters. The SMILES string of the molecule is CO/N=C\C(C)(C)Sc1ccc(Cl)cc1. The molecule has 0 aliphatic rings. The van der Waals surface area contributed by atoms with Gasteiger partial charge in [0.25, 0.3) is 0 Å². The van der Waals surface area contributed by atoms with E-state index in [0.717, 1.165) is 9.92 Å². The van der Waals surface area contributed by atoms with Crippen molar-refractivity contribution in [1.29, 1.82) is 0 Å². The Kier molecular flexibility index (Phi) is 4.48. The fourth-order valence-corrected chi connectivity index (χ4v) is 2.11. The molecule has 1 aromatic rings. The maximum absolute atomic E-state index is 5.81. The van der Waals surface area contributed by atoms with Crippen LogP contribution in [0.5, 0.6) is 0 Å². The molecule has 0 aromatic heterocycles. The fraction of sp³-hybridized carbons (Fsp3) is 0.364. The van der Waals surface area contributed by atoms with Gasteiger partial charge in [0.2, 0.25) is 0 Å². The third-order valence-corrected chi connectivity index (χ3v) is 3.05. The lowest BCUT2D eigenvalue weighted by Crippen LogP contribution is -2.16. The quantitative estimate of drug-likeness (QED) is 0.455. The second-order valence-electron chi connectivity index (χ2n) is 3.58. The van der Waals surface area contributed by atoms with Crippen LogP contribution in [-0.2, 0) is 4.84 Å². The number of hydrogen-bond acceptors (Lipinski definition) is 3. The summed E-state index contributed by atoms with van der Waals surface area (Å²) >= 11 is 7.52. The highest BCUT2D eigenvalue weighted by Crippen LogP contribution is 2.31. The lowest BCUT2D eigenvalue weighted by Gasteiger charge is -2.17. The zero-order chi connectivity index (χ0) is 11.3. The van der Waals surface area contributed by atoms with Gasteiger partial charge in [0, 0.05) is 9.92 Å². The second-order valence-corrected chi connectivity index (χ2v) is 5.74. The molecule has 0 aliphatic carbocycles. The predicted octanol–water partition coefficient (Wildman–Crippen LogP) is 3.84. The van der Waals surface area contributed by atoms with Crippen LogP contribution < -0.4 is 0 Å². The third kappa shape index (κ3) is 4.58. The molecule has 0 amide bonds. The first-order valence-corrected chi connectivity index (χ1v) is 5.75. The Balaban J connectivity index is 2.68. The zero-order valence-corrected chi connectivity index (χ0v) is 10.6. The molecule has 82 valence electrons. The lowest BCUT2D eigenvalue weighted by molar-refractivity contribution is 0.214. The van der Waals surface area contributed by atoms with Gasteiger partial charge in [0.15, 0.2) is 0 Å². The van der Waals surface area contributed by atoms with Crippen LogP contribution in [0.15, 0.2) is 34.3 Å². The summed E-state index contributed by atoms with van der Waals surface area (Å²) in [4.78, 5) is 5.83. The van der Waals surface area contributed by atoms with E-state index in [2.05, 4.69) is 23.8 Å². The van der Waals surface area contributed by atoms with Gasteiger partial charge in [-0.3, -0.25) is 0 Å². The van der Waals surface area contributed by atoms with Crippen LogP contribution in [0.25, 0.3) is 0 Å². The topological polar surface area (TPSA) is 21.6 Å². The van der Waals surface area contributed by atoms with Crippen LogP contribution in [0.1, 0.15) is 13.8 Å². The van der Waals surface area contributed by atoms with Crippen LogP contribution in [-0.4, -0.2) is 18.1 Å². The predicted molar refractivity (Wildman–Crippen MR) is 66.9 cm³/mol. The van der Waals surface area contributed by atoms with Crippen LogP contribution in [0.3, 0.4) is 0 Å². The van der Waals surface area contributed by atoms with Crippen molar-refractivity contribution >= 4 is 29.6 Å². The van der Waals surface area contributed by atoms with Crippen LogP contribution in [0.2, 0.25) is 5.02 Å². The number of hydrogen-bond donors (Lipinski definition) is 0. The fourth-order valence-electron chi connectivity index (χ4n) is 1.01. The van der Waals surface area contributed by atoms with Crippen molar-refractivity contribution in [3.8, 4) is 0 Å². The van der Waals surface area contributed by atoms with E-state index in [4.69, 9.17) is 11.6 Å². The summed E-state index contributed by atoms with van der Waals surface area (Å²) in [5.41, 5.74) is 0. The Morgan fingerprint density at radius 2 is 1.93 bits per heavy atom. The molecule has 0 unspecified atom stereocenters. The number of benzene rings is 1. The molecular formula is C11H14ClNOS. The minimum atomic E-state index is -0.0934. The number of rotatable bonds is 4. The molecule has 0 saturated carbocycles. The molecule has 0 saturated heterocycles. The molecule has 2 nitrogen and oxygen atoms in total. The van der Waals surface area contributed by atoms with Gasteiger partial charge in [0.05, 0.1) is 11.0 Å². The van der Waals surface area contributed by atoms with Gasteiger partial charge in [-0.15, -0.1) is 11.8 Å². The van der Waals surface area contributed by atoms with Crippen molar-refractivity contribution in [2.75, 3.05) is 7.11 Å². The van der Waals surface area contributed by atoms with E-state index in [0.29, 0.717) is 0 Å². The number of nitrogens with zero attached hydrogens (tertiary/aromatic N) is 1. The van der Waals surface area contributed by atoms with E-state index in [1.54, 1.807) is 25.1 Å². The Hall–Kier alpha value is -0.670. The first kappa shape index (κ1) is 12.4. The van der Waals surface area contributed by atoms with Gasteiger partial charge in [-0.05, 0) is 38.1 Å². The van der Waals surface area contributed by atoms with Crippen LogP contribution in [0, 0.1) is 0 Å². The number of halogens is 1. The standard InChI is InChI=1S/C11H14ClNOS/c1-11(2,8-13-14-3)15-10-6-4-9(12)5-7-10/h4-8H,1-3H3/b13-8-. The molecule has 1 rings (SSSR count). The van der Waals surface area contributed by atoms with Crippen molar-refractivity contribution in [2.24, 2.45) is 5.16 Å². The highest BCUT2D eigenvalue weighted by Gasteiger charge is 2.16. The first-order valence-electron chi connectivity index (χ1n) is 4.56. The highest BCUT2D eigenvalue weighted by molar-refractivity contribution is 8.01. The molecule has 0 bridgehead atoms. The van der Waals surface area contributed by atoms with E-state index >= 15 is 0 Å². The maximum Gasteiger partial charge on any atom is 0.106 e. The summed E-state index contributed by atoms with van der Waals surface area (Å²) in [6, 6.07) is 7.76. The summed E-state index contributed by atoms with van der Waals surface area (Å²) in [5.74, 6) is 0. The van der Waals surface area contributed by atoms with Crippen LogP contribution >= 0.6 is 23.4 Å². The van der Waals surface area contributed by atoms with Gasteiger partial charge in [-0.1, -0.05) is 16.8 Å². The van der Waals surface area contributed by atoms with Crippen LogP contribution in [0.4, 0.5) is 0 Å².